The summed E-state index contributed by atoms with van der Waals surface area (Å²) in [5.74, 6) is -3.63. The Bertz CT molecular complexity index is 1180. The van der Waals surface area contributed by atoms with E-state index in [4.69, 9.17) is 14.8 Å². The van der Waals surface area contributed by atoms with E-state index >= 15 is 0 Å². The van der Waals surface area contributed by atoms with Crippen LogP contribution >= 0.6 is 0 Å². The van der Waals surface area contributed by atoms with Crippen LogP contribution in [0.4, 0.5) is 8.78 Å². The molecule has 1 aromatic heterocycles. The van der Waals surface area contributed by atoms with E-state index in [0.29, 0.717) is 5.56 Å². The Morgan fingerprint density at radius 1 is 1.12 bits per heavy atom. The van der Waals surface area contributed by atoms with E-state index in [-0.39, 0.29) is 16.9 Å². The Kier molecular flexibility index (Phi) is 4.19. The topological polar surface area (TPSA) is 119 Å². The SMILES string of the molecule is N#Cc1ccc(-n2c(-c3cc(F)c(S(N)(=O)=O)c(F)c3)coc2=O)cc1. The summed E-state index contributed by atoms with van der Waals surface area (Å²) in [6, 6.07) is 9.17. The Morgan fingerprint density at radius 2 is 1.69 bits per heavy atom. The molecule has 0 radical (unpaired) electrons. The van der Waals surface area contributed by atoms with E-state index in [1.807, 2.05) is 6.07 Å². The van der Waals surface area contributed by atoms with Crippen LogP contribution in [0.15, 0.2) is 56.8 Å². The lowest BCUT2D eigenvalue weighted by atomic mass is 10.1. The van der Waals surface area contributed by atoms with E-state index in [9.17, 15) is 22.0 Å². The maximum absolute atomic E-state index is 14.1. The fourth-order valence-corrected chi connectivity index (χ4v) is 3.08. The maximum Gasteiger partial charge on any atom is 0.424 e. The van der Waals surface area contributed by atoms with Crippen molar-refractivity contribution >= 4 is 10.0 Å². The molecule has 132 valence electrons. The van der Waals surface area contributed by atoms with Gasteiger partial charge < -0.3 is 4.42 Å². The molecule has 0 spiro atoms. The van der Waals surface area contributed by atoms with Crippen molar-refractivity contribution in [2.75, 3.05) is 0 Å². The van der Waals surface area contributed by atoms with Gasteiger partial charge in [-0.15, -0.1) is 0 Å². The molecular formula is C16H9F2N3O4S. The standard InChI is InChI=1S/C16H9F2N3O4S/c17-12-5-10(6-13(18)15(12)26(20,23)24)14-8-25-16(22)21(14)11-3-1-9(7-19)2-4-11/h1-6,8H,(H2,20,23,24). The van der Waals surface area contributed by atoms with Crippen molar-refractivity contribution < 1.29 is 21.6 Å². The van der Waals surface area contributed by atoms with Crippen molar-refractivity contribution in [1.29, 1.82) is 5.26 Å². The van der Waals surface area contributed by atoms with Crippen molar-refractivity contribution in [3.63, 3.8) is 0 Å². The molecule has 1 heterocycles. The van der Waals surface area contributed by atoms with Crippen molar-refractivity contribution in [2.45, 2.75) is 4.90 Å². The van der Waals surface area contributed by atoms with E-state index < -0.39 is 32.3 Å². The van der Waals surface area contributed by atoms with Crippen molar-refractivity contribution in [3.8, 4) is 23.0 Å². The third-order valence-corrected chi connectivity index (χ3v) is 4.49. The summed E-state index contributed by atoms with van der Waals surface area (Å²) in [6.45, 7) is 0. The van der Waals surface area contributed by atoms with Crippen LogP contribution in [-0.2, 0) is 10.0 Å². The minimum absolute atomic E-state index is 0.0153. The molecule has 0 aliphatic heterocycles. The van der Waals surface area contributed by atoms with E-state index in [2.05, 4.69) is 0 Å². The van der Waals surface area contributed by atoms with Gasteiger partial charge in [0.05, 0.1) is 23.0 Å². The molecule has 0 aliphatic carbocycles. The zero-order valence-electron chi connectivity index (χ0n) is 12.8. The summed E-state index contributed by atoms with van der Waals surface area (Å²) in [5.41, 5.74) is 0.483. The number of halogens is 2. The smallest absolute Gasteiger partial charge is 0.415 e. The number of hydrogen-bond acceptors (Lipinski definition) is 5. The van der Waals surface area contributed by atoms with Crippen molar-refractivity contribution in [2.24, 2.45) is 5.14 Å². The first-order valence-corrected chi connectivity index (χ1v) is 8.50. The first kappa shape index (κ1) is 17.5. The average molecular weight is 377 g/mol. The Hall–Kier alpha value is -3.29. The van der Waals surface area contributed by atoms with Crippen molar-refractivity contribution in [1.82, 2.24) is 4.57 Å². The third-order valence-electron chi connectivity index (χ3n) is 3.53. The number of sulfonamides is 1. The second kappa shape index (κ2) is 6.21. The first-order chi connectivity index (χ1) is 12.2. The van der Waals surface area contributed by atoms with Crippen LogP contribution in [0.2, 0.25) is 0 Å². The van der Waals surface area contributed by atoms with Crippen LogP contribution < -0.4 is 10.9 Å². The lowest BCUT2D eigenvalue weighted by molar-refractivity contribution is 0.504. The van der Waals surface area contributed by atoms with Crippen LogP contribution in [0.3, 0.4) is 0 Å². The van der Waals surface area contributed by atoms with Gasteiger partial charge in [-0.2, -0.15) is 5.26 Å². The number of primary sulfonamides is 1. The molecule has 0 atom stereocenters. The zero-order chi connectivity index (χ0) is 19.1. The lowest BCUT2D eigenvalue weighted by Gasteiger charge is -2.09. The number of oxazole rings is 1. The second-order valence-corrected chi connectivity index (χ2v) is 6.69. The molecule has 0 amide bonds. The van der Waals surface area contributed by atoms with E-state index in [1.165, 1.54) is 24.3 Å². The van der Waals surface area contributed by atoms with Gasteiger partial charge >= 0.3 is 5.76 Å². The molecular weight excluding hydrogens is 368 g/mol. The number of benzene rings is 2. The highest BCUT2D eigenvalue weighted by atomic mass is 32.2. The van der Waals surface area contributed by atoms with Crippen LogP contribution in [0.1, 0.15) is 5.56 Å². The van der Waals surface area contributed by atoms with Gasteiger partial charge in [0.2, 0.25) is 10.0 Å². The summed E-state index contributed by atoms with van der Waals surface area (Å²) in [7, 11) is -4.60. The van der Waals surface area contributed by atoms with Gasteiger partial charge in [0.25, 0.3) is 0 Å². The van der Waals surface area contributed by atoms with Gasteiger partial charge in [-0.05, 0) is 36.4 Å². The predicted molar refractivity (Wildman–Crippen MR) is 85.7 cm³/mol. The zero-order valence-corrected chi connectivity index (χ0v) is 13.6. The van der Waals surface area contributed by atoms with Gasteiger partial charge in [-0.3, -0.25) is 0 Å². The van der Waals surface area contributed by atoms with Gasteiger partial charge in [0.15, 0.2) is 4.90 Å². The number of nitrogens with two attached hydrogens (primary N) is 1. The summed E-state index contributed by atoms with van der Waals surface area (Å²) in [6.07, 6.45) is 0.978. The highest BCUT2D eigenvalue weighted by Gasteiger charge is 2.23. The molecule has 0 unspecified atom stereocenters. The van der Waals surface area contributed by atoms with Crippen LogP contribution in [-0.4, -0.2) is 13.0 Å². The van der Waals surface area contributed by atoms with Gasteiger partial charge in [-0.1, -0.05) is 0 Å². The van der Waals surface area contributed by atoms with Crippen LogP contribution in [0, 0.1) is 23.0 Å². The fraction of sp³-hybridized carbons (Fsp3) is 0. The Labute approximate surface area is 145 Å². The molecule has 3 aromatic rings. The largest absolute Gasteiger partial charge is 0.424 e. The molecule has 2 aromatic carbocycles. The molecule has 0 bridgehead atoms. The molecule has 0 saturated carbocycles. The number of aromatic nitrogens is 1. The minimum atomic E-state index is -4.60. The highest BCUT2D eigenvalue weighted by molar-refractivity contribution is 7.89. The molecule has 2 N–H and O–H groups in total. The van der Waals surface area contributed by atoms with E-state index in [0.717, 1.165) is 23.0 Å². The van der Waals surface area contributed by atoms with E-state index in [1.54, 1.807) is 0 Å². The summed E-state index contributed by atoms with van der Waals surface area (Å²) in [4.78, 5) is 10.7. The summed E-state index contributed by atoms with van der Waals surface area (Å²) >= 11 is 0. The monoisotopic (exact) mass is 377 g/mol. The molecule has 7 nitrogen and oxygen atoms in total. The normalized spacial score (nSPS) is 11.3. The highest BCUT2D eigenvalue weighted by Crippen LogP contribution is 2.27. The summed E-state index contributed by atoms with van der Waals surface area (Å²) in [5, 5.41) is 13.6. The third kappa shape index (κ3) is 3.01. The molecule has 26 heavy (non-hydrogen) atoms. The number of nitriles is 1. The maximum atomic E-state index is 14.1. The second-order valence-electron chi connectivity index (χ2n) is 5.19. The molecule has 3 rings (SSSR count). The average Bonchev–Trinajstić information content (AvgIpc) is 2.94. The quantitative estimate of drug-likeness (QED) is 0.748. The molecule has 0 saturated heterocycles. The Balaban J connectivity index is 2.21. The molecule has 10 heteroatoms. The number of rotatable bonds is 3. The molecule has 0 aliphatic rings. The van der Waals surface area contributed by atoms with Crippen LogP contribution in [0.25, 0.3) is 16.9 Å². The summed E-state index contributed by atoms with van der Waals surface area (Å²) < 4.78 is 56.5. The number of nitrogens with zero attached hydrogens (tertiary/aromatic N) is 2. The first-order valence-electron chi connectivity index (χ1n) is 6.95. The van der Waals surface area contributed by atoms with Gasteiger partial charge in [-0.25, -0.2) is 31.7 Å². The van der Waals surface area contributed by atoms with Crippen molar-refractivity contribution in [3.05, 3.63) is 70.4 Å². The fourth-order valence-electron chi connectivity index (χ4n) is 2.42. The Morgan fingerprint density at radius 3 is 2.19 bits per heavy atom. The lowest BCUT2D eigenvalue weighted by Crippen LogP contribution is -2.17. The predicted octanol–water partition coefficient (Wildman–Crippen LogP) is 1.89. The number of hydrogen-bond donors (Lipinski definition) is 1. The van der Waals surface area contributed by atoms with Gasteiger partial charge in [0, 0.05) is 5.56 Å². The minimum Gasteiger partial charge on any atom is -0.415 e. The molecule has 0 fully saturated rings. The van der Waals surface area contributed by atoms with Crippen LogP contribution in [0.5, 0.6) is 0 Å². The van der Waals surface area contributed by atoms with Gasteiger partial charge in [0.1, 0.15) is 17.9 Å².